The summed E-state index contributed by atoms with van der Waals surface area (Å²) in [7, 11) is 0. The molecule has 15 heavy (non-hydrogen) atoms. The second-order valence-corrected chi connectivity index (χ2v) is 4.01. The first-order valence-corrected chi connectivity index (χ1v) is 5.06. The minimum Gasteiger partial charge on any atom is -0.453 e. The number of rotatable bonds is 2. The zero-order chi connectivity index (χ0) is 10.7. The van der Waals surface area contributed by atoms with E-state index in [4.69, 9.17) is 9.47 Å². The van der Waals surface area contributed by atoms with E-state index in [0.29, 0.717) is 18.8 Å². The molecule has 1 fully saturated rings. The maximum absolute atomic E-state index is 11.7. The van der Waals surface area contributed by atoms with Gasteiger partial charge < -0.3 is 9.47 Å². The van der Waals surface area contributed by atoms with Crippen molar-refractivity contribution in [2.75, 3.05) is 13.2 Å². The quantitative estimate of drug-likeness (QED) is 0.694. The minimum atomic E-state index is -0.451. The maximum atomic E-state index is 11.7. The van der Waals surface area contributed by atoms with Gasteiger partial charge in [0.15, 0.2) is 0 Å². The molecule has 0 N–H and O–H groups in total. The lowest BCUT2D eigenvalue weighted by molar-refractivity contribution is -0.0133. The van der Waals surface area contributed by atoms with Gasteiger partial charge in [-0.15, -0.1) is 0 Å². The second-order valence-electron chi connectivity index (χ2n) is 4.01. The van der Waals surface area contributed by atoms with Crippen molar-refractivity contribution < 1.29 is 14.3 Å². The van der Waals surface area contributed by atoms with Crippen LogP contribution in [0.3, 0.4) is 0 Å². The molecule has 0 spiro atoms. The molecule has 1 aromatic carbocycles. The van der Waals surface area contributed by atoms with E-state index in [2.05, 4.69) is 0 Å². The molecule has 1 atom stereocenters. The summed E-state index contributed by atoms with van der Waals surface area (Å²) < 4.78 is 10.6. The SMILES string of the molecule is CC1(OC(=O)c2ccccc2)CCOC1. The molecule has 3 nitrogen and oxygen atoms in total. The third-order valence-electron chi connectivity index (χ3n) is 2.53. The van der Waals surface area contributed by atoms with Crippen LogP contribution < -0.4 is 0 Å². The van der Waals surface area contributed by atoms with Gasteiger partial charge in [-0.2, -0.15) is 0 Å². The highest BCUT2D eigenvalue weighted by Gasteiger charge is 2.33. The maximum Gasteiger partial charge on any atom is 0.338 e. The van der Waals surface area contributed by atoms with Crippen molar-refractivity contribution >= 4 is 5.97 Å². The Labute approximate surface area is 89.0 Å². The molecule has 0 amide bonds. The Bertz CT molecular complexity index is 339. The summed E-state index contributed by atoms with van der Waals surface area (Å²) in [5, 5.41) is 0. The molecular formula is C12H14O3. The highest BCUT2D eigenvalue weighted by Crippen LogP contribution is 2.23. The lowest BCUT2D eigenvalue weighted by Crippen LogP contribution is -2.31. The molecular weight excluding hydrogens is 192 g/mol. The lowest BCUT2D eigenvalue weighted by Gasteiger charge is -2.22. The molecule has 1 aliphatic rings. The normalized spacial score (nSPS) is 25.1. The van der Waals surface area contributed by atoms with Crippen LogP contribution in [0.15, 0.2) is 30.3 Å². The molecule has 1 aliphatic heterocycles. The predicted molar refractivity (Wildman–Crippen MR) is 55.7 cm³/mol. The van der Waals surface area contributed by atoms with Crippen LogP contribution in [-0.4, -0.2) is 24.8 Å². The Morgan fingerprint density at radius 2 is 2.13 bits per heavy atom. The fourth-order valence-electron chi connectivity index (χ4n) is 1.59. The van der Waals surface area contributed by atoms with E-state index >= 15 is 0 Å². The first kappa shape index (κ1) is 10.2. The topological polar surface area (TPSA) is 35.5 Å². The van der Waals surface area contributed by atoms with E-state index in [0.717, 1.165) is 6.42 Å². The summed E-state index contributed by atoms with van der Waals surface area (Å²) in [5.74, 6) is -0.274. The van der Waals surface area contributed by atoms with Gasteiger partial charge in [-0.3, -0.25) is 0 Å². The number of hydrogen-bond donors (Lipinski definition) is 0. The number of ether oxygens (including phenoxy) is 2. The molecule has 1 aromatic rings. The van der Waals surface area contributed by atoms with Crippen LogP contribution in [0.4, 0.5) is 0 Å². The number of esters is 1. The summed E-state index contributed by atoms with van der Waals surface area (Å²) in [6.07, 6.45) is 0.769. The van der Waals surface area contributed by atoms with Gasteiger partial charge in [0.25, 0.3) is 0 Å². The fourth-order valence-corrected chi connectivity index (χ4v) is 1.59. The Hall–Kier alpha value is -1.35. The van der Waals surface area contributed by atoms with Gasteiger partial charge in [0, 0.05) is 6.42 Å². The molecule has 0 bridgehead atoms. The Balaban J connectivity index is 2.04. The molecule has 0 aliphatic carbocycles. The van der Waals surface area contributed by atoms with Crippen molar-refractivity contribution in [2.24, 2.45) is 0 Å². The molecule has 3 heteroatoms. The third kappa shape index (κ3) is 2.36. The Morgan fingerprint density at radius 3 is 2.73 bits per heavy atom. The molecule has 0 saturated carbocycles. The molecule has 80 valence electrons. The zero-order valence-electron chi connectivity index (χ0n) is 8.73. The molecule has 2 rings (SSSR count). The van der Waals surface area contributed by atoms with Crippen molar-refractivity contribution in [1.29, 1.82) is 0 Å². The summed E-state index contributed by atoms with van der Waals surface area (Å²) in [6.45, 7) is 3.06. The molecule has 0 aromatic heterocycles. The van der Waals surface area contributed by atoms with E-state index in [9.17, 15) is 4.79 Å². The van der Waals surface area contributed by atoms with Crippen LogP contribution in [-0.2, 0) is 9.47 Å². The highest BCUT2D eigenvalue weighted by atomic mass is 16.6. The number of carbonyl (C=O) groups is 1. The fraction of sp³-hybridized carbons (Fsp3) is 0.417. The zero-order valence-corrected chi connectivity index (χ0v) is 8.73. The van der Waals surface area contributed by atoms with Gasteiger partial charge in [-0.25, -0.2) is 4.79 Å². The summed E-state index contributed by atoms with van der Waals surface area (Å²) in [6, 6.07) is 9.02. The van der Waals surface area contributed by atoms with Crippen LogP contribution in [0.1, 0.15) is 23.7 Å². The first-order chi connectivity index (χ1) is 7.20. The average Bonchev–Trinajstić information content (AvgIpc) is 2.66. The van der Waals surface area contributed by atoms with Gasteiger partial charge in [0.05, 0.1) is 18.8 Å². The summed E-state index contributed by atoms with van der Waals surface area (Å²) in [4.78, 5) is 11.7. The largest absolute Gasteiger partial charge is 0.453 e. The average molecular weight is 206 g/mol. The van der Waals surface area contributed by atoms with E-state index in [-0.39, 0.29) is 5.97 Å². The summed E-state index contributed by atoms with van der Waals surface area (Å²) in [5.41, 5.74) is 0.137. The van der Waals surface area contributed by atoms with Gasteiger partial charge >= 0.3 is 5.97 Å². The van der Waals surface area contributed by atoms with Crippen LogP contribution in [0, 0.1) is 0 Å². The molecule has 1 saturated heterocycles. The standard InChI is InChI=1S/C12H14O3/c1-12(7-8-14-9-12)15-11(13)10-5-3-2-4-6-10/h2-6H,7-9H2,1H3. The van der Waals surface area contributed by atoms with Crippen LogP contribution in [0.2, 0.25) is 0 Å². The summed E-state index contributed by atoms with van der Waals surface area (Å²) >= 11 is 0. The predicted octanol–water partition coefficient (Wildman–Crippen LogP) is 2.02. The monoisotopic (exact) mass is 206 g/mol. The lowest BCUT2D eigenvalue weighted by atomic mass is 10.1. The van der Waals surface area contributed by atoms with E-state index in [1.807, 2.05) is 25.1 Å². The Kier molecular flexibility index (Phi) is 2.73. The Morgan fingerprint density at radius 1 is 1.40 bits per heavy atom. The van der Waals surface area contributed by atoms with Crippen molar-refractivity contribution in [3.8, 4) is 0 Å². The van der Waals surface area contributed by atoms with Crippen LogP contribution in [0.5, 0.6) is 0 Å². The van der Waals surface area contributed by atoms with E-state index < -0.39 is 5.60 Å². The second kappa shape index (κ2) is 4.03. The smallest absolute Gasteiger partial charge is 0.338 e. The highest BCUT2D eigenvalue weighted by molar-refractivity contribution is 5.89. The molecule has 1 unspecified atom stereocenters. The van der Waals surface area contributed by atoms with Gasteiger partial charge in [-0.05, 0) is 19.1 Å². The van der Waals surface area contributed by atoms with Crippen molar-refractivity contribution in [3.05, 3.63) is 35.9 Å². The van der Waals surface area contributed by atoms with Gasteiger partial charge in [0.2, 0.25) is 0 Å². The van der Waals surface area contributed by atoms with Crippen molar-refractivity contribution in [2.45, 2.75) is 18.9 Å². The number of carbonyl (C=O) groups excluding carboxylic acids is 1. The molecule has 1 heterocycles. The number of benzene rings is 1. The van der Waals surface area contributed by atoms with Crippen molar-refractivity contribution in [3.63, 3.8) is 0 Å². The van der Waals surface area contributed by atoms with E-state index in [1.165, 1.54) is 0 Å². The third-order valence-corrected chi connectivity index (χ3v) is 2.53. The first-order valence-electron chi connectivity index (χ1n) is 5.06. The number of hydrogen-bond acceptors (Lipinski definition) is 3. The van der Waals surface area contributed by atoms with Gasteiger partial charge in [-0.1, -0.05) is 18.2 Å². The van der Waals surface area contributed by atoms with Gasteiger partial charge in [0.1, 0.15) is 5.60 Å². The van der Waals surface area contributed by atoms with Crippen LogP contribution >= 0.6 is 0 Å². The van der Waals surface area contributed by atoms with Crippen molar-refractivity contribution in [1.82, 2.24) is 0 Å². The van der Waals surface area contributed by atoms with E-state index in [1.54, 1.807) is 12.1 Å². The minimum absolute atomic E-state index is 0.274. The molecule has 0 radical (unpaired) electrons. The van der Waals surface area contributed by atoms with Crippen LogP contribution in [0.25, 0.3) is 0 Å².